The van der Waals surface area contributed by atoms with Gasteiger partial charge in [0, 0.05) is 6.42 Å². The maximum atomic E-state index is 11.6. The van der Waals surface area contributed by atoms with Gasteiger partial charge in [0.1, 0.15) is 0 Å². The van der Waals surface area contributed by atoms with Crippen LogP contribution in [0.4, 0.5) is 0 Å². The minimum atomic E-state index is -0.826. The molecule has 3 N–H and O–H groups in total. The molecule has 4 nitrogen and oxygen atoms in total. The lowest BCUT2D eigenvalue weighted by atomic mass is 10.0. The zero-order valence-corrected chi connectivity index (χ0v) is 18.6. The molecule has 1 amide bonds. The highest BCUT2D eigenvalue weighted by Crippen LogP contribution is 2.13. The van der Waals surface area contributed by atoms with E-state index in [1.165, 1.54) is 77.0 Å². The number of hydrogen-bond donors (Lipinski definition) is 3. The first-order valence-electron chi connectivity index (χ1n) is 11.9. The summed E-state index contributed by atoms with van der Waals surface area (Å²) in [6.45, 7) is 3.95. The fraction of sp³-hybridized carbons (Fsp3) is 0.875. The van der Waals surface area contributed by atoms with Crippen molar-refractivity contribution in [2.24, 2.45) is 0 Å². The van der Waals surface area contributed by atoms with Crippen molar-refractivity contribution in [2.45, 2.75) is 129 Å². The molecule has 2 atom stereocenters. The lowest BCUT2D eigenvalue weighted by molar-refractivity contribution is -0.122. The van der Waals surface area contributed by atoms with Gasteiger partial charge in [-0.2, -0.15) is 0 Å². The van der Waals surface area contributed by atoms with Crippen molar-refractivity contribution < 1.29 is 15.0 Å². The molecule has 2 unspecified atom stereocenters. The van der Waals surface area contributed by atoms with Crippen molar-refractivity contribution in [3.8, 4) is 0 Å². The molecule has 0 saturated heterocycles. The molecule has 0 heterocycles. The van der Waals surface area contributed by atoms with Crippen LogP contribution >= 0.6 is 0 Å². The van der Waals surface area contributed by atoms with Crippen LogP contribution in [0.5, 0.6) is 0 Å². The lowest BCUT2D eigenvalue weighted by Crippen LogP contribution is -2.45. The normalized spacial score (nSPS) is 13.7. The van der Waals surface area contributed by atoms with Crippen LogP contribution in [0.3, 0.4) is 0 Å². The van der Waals surface area contributed by atoms with Crippen molar-refractivity contribution >= 4 is 5.91 Å². The Labute approximate surface area is 174 Å². The predicted octanol–water partition coefficient (Wildman–Crippen LogP) is 5.66. The molecule has 0 rings (SSSR count). The van der Waals surface area contributed by atoms with Gasteiger partial charge >= 0.3 is 0 Å². The quantitative estimate of drug-likeness (QED) is 0.183. The molecular weight excluding hydrogens is 350 g/mol. The van der Waals surface area contributed by atoms with E-state index in [9.17, 15) is 15.0 Å². The minimum Gasteiger partial charge on any atom is -0.394 e. The SMILES string of the molecule is CCCCCCCCCCCCCCC/C=C/C(O)C(CO)NC(=O)CCC. The summed E-state index contributed by atoms with van der Waals surface area (Å²) in [4.78, 5) is 11.6. The fourth-order valence-electron chi connectivity index (χ4n) is 3.39. The van der Waals surface area contributed by atoms with Crippen LogP contribution in [-0.4, -0.2) is 34.9 Å². The first kappa shape index (κ1) is 27.1. The van der Waals surface area contributed by atoms with Gasteiger partial charge < -0.3 is 15.5 Å². The van der Waals surface area contributed by atoms with Gasteiger partial charge in [0.05, 0.1) is 18.8 Å². The van der Waals surface area contributed by atoms with Crippen molar-refractivity contribution in [1.29, 1.82) is 0 Å². The number of allylic oxidation sites excluding steroid dienone is 1. The van der Waals surface area contributed by atoms with Gasteiger partial charge in [-0.05, 0) is 19.3 Å². The van der Waals surface area contributed by atoms with Crippen molar-refractivity contribution in [3.05, 3.63) is 12.2 Å². The third kappa shape index (κ3) is 17.2. The molecule has 0 bridgehead atoms. The maximum Gasteiger partial charge on any atom is 0.220 e. The van der Waals surface area contributed by atoms with E-state index in [-0.39, 0.29) is 12.5 Å². The molecule has 0 aliphatic rings. The average molecular weight is 398 g/mol. The molecule has 0 aliphatic heterocycles. The van der Waals surface area contributed by atoms with Crippen LogP contribution in [0, 0.1) is 0 Å². The Bertz CT molecular complexity index is 371. The molecule has 0 aromatic carbocycles. The van der Waals surface area contributed by atoms with E-state index in [0.29, 0.717) is 6.42 Å². The molecular formula is C24H47NO3. The number of amides is 1. The minimum absolute atomic E-state index is 0.120. The summed E-state index contributed by atoms with van der Waals surface area (Å²) in [7, 11) is 0. The lowest BCUT2D eigenvalue weighted by Gasteiger charge is -2.19. The van der Waals surface area contributed by atoms with E-state index in [4.69, 9.17) is 0 Å². The Kier molecular flexibility index (Phi) is 20.2. The van der Waals surface area contributed by atoms with Crippen LogP contribution in [0.1, 0.15) is 117 Å². The van der Waals surface area contributed by atoms with Crippen LogP contribution in [0.25, 0.3) is 0 Å². The first-order chi connectivity index (χ1) is 13.7. The Balaban J connectivity index is 3.52. The molecule has 0 fully saturated rings. The highest BCUT2D eigenvalue weighted by atomic mass is 16.3. The van der Waals surface area contributed by atoms with Gasteiger partial charge in [0.2, 0.25) is 5.91 Å². The van der Waals surface area contributed by atoms with E-state index >= 15 is 0 Å². The van der Waals surface area contributed by atoms with E-state index in [1.54, 1.807) is 6.08 Å². The van der Waals surface area contributed by atoms with Crippen molar-refractivity contribution in [3.63, 3.8) is 0 Å². The molecule has 0 saturated carbocycles. The van der Waals surface area contributed by atoms with E-state index < -0.39 is 12.1 Å². The third-order valence-corrected chi connectivity index (χ3v) is 5.24. The standard InChI is InChI=1S/C24H47NO3/c1-3-5-6-7-8-9-10-11-12-13-14-15-16-17-18-20-23(27)22(21-26)25-24(28)19-4-2/h18,20,22-23,26-27H,3-17,19,21H2,1-2H3,(H,25,28)/b20-18+. The molecule has 0 radical (unpaired) electrons. The molecule has 0 aliphatic carbocycles. The largest absolute Gasteiger partial charge is 0.394 e. The molecule has 166 valence electrons. The number of carbonyl (C=O) groups excluding carboxylic acids is 1. The van der Waals surface area contributed by atoms with Gasteiger partial charge in [0.25, 0.3) is 0 Å². The zero-order valence-electron chi connectivity index (χ0n) is 18.6. The Hall–Kier alpha value is -0.870. The number of hydrogen-bond acceptors (Lipinski definition) is 3. The van der Waals surface area contributed by atoms with Gasteiger partial charge in [-0.15, -0.1) is 0 Å². The summed E-state index contributed by atoms with van der Waals surface area (Å²) < 4.78 is 0. The molecule has 28 heavy (non-hydrogen) atoms. The summed E-state index contributed by atoms with van der Waals surface area (Å²) >= 11 is 0. The van der Waals surface area contributed by atoms with E-state index in [2.05, 4.69) is 12.2 Å². The number of carbonyl (C=O) groups is 1. The topological polar surface area (TPSA) is 69.6 Å². The second kappa shape index (κ2) is 20.9. The fourth-order valence-corrected chi connectivity index (χ4v) is 3.39. The van der Waals surface area contributed by atoms with E-state index in [1.807, 2.05) is 13.0 Å². The number of aliphatic hydroxyl groups excluding tert-OH is 2. The molecule has 4 heteroatoms. The number of nitrogens with one attached hydrogen (secondary N) is 1. The molecule has 0 aromatic heterocycles. The predicted molar refractivity (Wildman–Crippen MR) is 119 cm³/mol. The highest BCUT2D eigenvalue weighted by Gasteiger charge is 2.17. The molecule has 0 aromatic rings. The summed E-state index contributed by atoms with van der Waals surface area (Å²) in [6.07, 6.45) is 22.5. The van der Waals surface area contributed by atoms with Crippen LogP contribution < -0.4 is 5.32 Å². The summed E-state index contributed by atoms with van der Waals surface area (Å²) in [5.41, 5.74) is 0. The van der Waals surface area contributed by atoms with Crippen molar-refractivity contribution in [1.82, 2.24) is 5.32 Å². The Morgan fingerprint density at radius 2 is 1.32 bits per heavy atom. The Morgan fingerprint density at radius 3 is 1.79 bits per heavy atom. The third-order valence-electron chi connectivity index (χ3n) is 5.24. The van der Waals surface area contributed by atoms with Crippen LogP contribution in [-0.2, 0) is 4.79 Å². The second-order valence-corrected chi connectivity index (χ2v) is 8.06. The zero-order chi connectivity index (χ0) is 20.9. The number of rotatable bonds is 20. The number of unbranched alkanes of at least 4 members (excludes halogenated alkanes) is 13. The number of aliphatic hydroxyl groups is 2. The average Bonchev–Trinajstić information content (AvgIpc) is 2.69. The van der Waals surface area contributed by atoms with Gasteiger partial charge in [-0.3, -0.25) is 4.79 Å². The second-order valence-electron chi connectivity index (χ2n) is 8.06. The summed E-state index contributed by atoms with van der Waals surface area (Å²) in [6, 6.07) is -0.609. The van der Waals surface area contributed by atoms with Gasteiger partial charge in [0.15, 0.2) is 0 Å². The van der Waals surface area contributed by atoms with Crippen LogP contribution in [0.2, 0.25) is 0 Å². The van der Waals surface area contributed by atoms with E-state index in [0.717, 1.165) is 19.3 Å². The highest BCUT2D eigenvalue weighted by molar-refractivity contribution is 5.76. The Morgan fingerprint density at radius 1 is 0.821 bits per heavy atom. The van der Waals surface area contributed by atoms with Gasteiger partial charge in [-0.25, -0.2) is 0 Å². The summed E-state index contributed by atoms with van der Waals surface area (Å²) in [5, 5.41) is 22.1. The van der Waals surface area contributed by atoms with Crippen molar-refractivity contribution in [2.75, 3.05) is 6.61 Å². The smallest absolute Gasteiger partial charge is 0.220 e. The molecule has 0 spiro atoms. The monoisotopic (exact) mass is 397 g/mol. The summed E-state index contributed by atoms with van der Waals surface area (Å²) in [5.74, 6) is -0.120. The first-order valence-corrected chi connectivity index (χ1v) is 11.9. The van der Waals surface area contributed by atoms with Gasteiger partial charge in [-0.1, -0.05) is 103 Å². The maximum absolute atomic E-state index is 11.6. The van der Waals surface area contributed by atoms with Crippen LogP contribution in [0.15, 0.2) is 12.2 Å².